The minimum atomic E-state index is 0.239. The number of furan rings is 1. The highest BCUT2D eigenvalue weighted by molar-refractivity contribution is 6.18. The molecular weight excluding hydrogens is 238 g/mol. The molecule has 0 spiro atoms. The third kappa shape index (κ3) is 3.03. The molecule has 0 N–H and O–H groups in total. The van der Waals surface area contributed by atoms with Crippen molar-refractivity contribution in [2.45, 2.75) is 32.2 Å². The van der Waals surface area contributed by atoms with Crippen LogP contribution in [0.4, 0.5) is 0 Å². The zero-order chi connectivity index (χ0) is 12.3. The first-order valence-corrected chi connectivity index (χ1v) is 6.62. The third-order valence-corrected chi connectivity index (χ3v) is 3.81. The number of aryl methyl sites for hydroxylation is 1. The topological polar surface area (TPSA) is 33.5 Å². The van der Waals surface area contributed by atoms with Crippen molar-refractivity contribution in [3.05, 3.63) is 24.2 Å². The van der Waals surface area contributed by atoms with E-state index in [9.17, 15) is 4.79 Å². The van der Waals surface area contributed by atoms with Crippen LogP contribution in [0.2, 0.25) is 0 Å². The fourth-order valence-corrected chi connectivity index (χ4v) is 2.51. The van der Waals surface area contributed by atoms with E-state index in [4.69, 9.17) is 16.0 Å². The van der Waals surface area contributed by atoms with Gasteiger partial charge in [-0.1, -0.05) is 0 Å². The number of hydrogen-bond acceptors (Lipinski definition) is 2. The predicted octanol–water partition coefficient (Wildman–Crippen LogP) is 2.69. The van der Waals surface area contributed by atoms with E-state index in [1.54, 1.807) is 6.26 Å². The van der Waals surface area contributed by atoms with Gasteiger partial charge in [0.1, 0.15) is 5.76 Å². The average molecular weight is 256 g/mol. The monoisotopic (exact) mass is 255 g/mol. The van der Waals surface area contributed by atoms with Crippen LogP contribution in [-0.4, -0.2) is 29.3 Å². The van der Waals surface area contributed by atoms with E-state index >= 15 is 0 Å². The summed E-state index contributed by atoms with van der Waals surface area (Å²) >= 11 is 5.81. The fraction of sp³-hybridized carbons (Fsp3) is 0.615. The van der Waals surface area contributed by atoms with Gasteiger partial charge in [0.2, 0.25) is 5.91 Å². The Bertz CT molecular complexity index is 364. The van der Waals surface area contributed by atoms with E-state index in [-0.39, 0.29) is 11.9 Å². The van der Waals surface area contributed by atoms with Crippen LogP contribution in [0.5, 0.6) is 0 Å². The largest absolute Gasteiger partial charge is 0.469 e. The lowest BCUT2D eigenvalue weighted by Crippen LogP contribution is -2.34. The minimum absolute atomic E-state index is 0.239. The predicted molar refractivity (Wildman–Crippen MR) is 67.0 cm³/mol. The SMILES string of the molecule is CC(CCc1ccco1)N1CC(CCl)CC1=O. The van der Waals surface area contributed by atoms with Gasteiger partial charge in [-0.15, -0.1) is 11.6 Å². The molecule has 4 heteroatoms. The Morgan fingerprint density at radius 3 is 3.06 bits per heavy atom. The van der Waals surface area contributed by atoms with Crippen molar-refractivity contribution < 1.29 is 9.21 Å². The Morgan fingerprint density at radius 1 is 1.65 bits per heavy atom. The van der Waals surface area contributed by atoms with Gasteiger partial charge in [-0.25, -0.2) is 0 Å². The molecule has 1 aromatic rings. The van der Waals surface area contributed by atoms with Crippen molar-refractivity contribution in [2.24, 2.45) is 5.92 Å². The standard InChI is InChI=1S/C13H18ClNO2/c1-10(4-5-12-3-2-6-17-12)15-9-11(8-14)7-13(15)16/h2-3,6,10-11H,4-5,7-9H2,1H3. The summed E-state index contributed by atoms with van der Waals surface area (Å²) in [6.07, 6.45) is 4.11. The lowest BCUT2D eigenvalue weighted by atomic mass is 10.1. The van der Waals surface area contributed by atoms with Crippen molar-refractivity contribution in [1.82, 2.24) is 4.90 Å². The molecule has 0 aromatic carbocycles. The van der Waals surface area contributed by atoms with E-state index in [0.29, 0.717) is 18.2 Å². The Hall–Kier alpha value is -0.960. The summed E-state index contributed by atoms with van der Waals surface area (Å²) in [6.45, 7) is 2.90. The molecule has 2 atom stereocenters. The third-order valence-electron chi connectivity index (χ3n) is 3.38. The number of rotatable bonds is 5. The number of nitrogens with zero attached hydrogens (tertiary/aromatic N) is 1. The van der Waals surface area contributed by atoms with E-state index in [1.165, 1.54) is 0 Å². The van der Waals surface area contributed by atoms with Crippen LogP contribution in [0.15, 0.2) is 22.8 Å². The summed E-state index contributed by atoms with van der Waals surface area (Å²) in [5.74, 6) is 2.13. The summed E-state index contributed by atoms with van der Waals surface area (Å²) in [7, 11) is 0. The minimum Gasteiger partial charge on any atom is -0.469 e. The highest BCUT2D eigenvalue weighted by Crippen LogP contribution is 2.23. The van der Waals surface area contributed by atoms with Gasteiger partial charge in [0.05, 0.1) is 6.26 Å². The highest BCUT2D eigenvalue weighted by Gasteiger charge is 2.31. The maximum atomic E-state index is 11.8. The maximum Gasteiger partial charge on any atom is 0.223 e. The van der Waals surface area contributed by atoms with E-state index in [2.05, 4.69) is 6.92 Å². The number of carbonyl (C=O) groups excluding carboxylic acids is 1. The summed E-state index contributed by atoms with van der Waals surface area (Å²) in [4.78, 5) is 13.7. The van der Waals surface area contributed by atoms with Crippen LogP contribution in [-0.2, 0) is 11.2 Å². The van der Waals surface area contributed by atoms with E-state index in [1.807, 2.05) is 17.0 Å². The Balaban J connectivity index is 1.83. The second-order valence-electron chi connectivity index (χ2n) is 4.74. The molecule has 1 aromatic heterocycles. The number of alkyl halides is 1. The van der Waals surface area contributed by atoms with Gasteiger partial charge < -0.3 is 9.32 Å². The number of hydrogen-bond donors (Lipinski definition) is 0. The van der Waals surface area contributed by atoms with Gasteiger partial charge >= 0.3 is 0 Å². The van der Waals surface area contributed by atoms with Crippen molar-refractivity contribution in [3.63, 3.8) is 0 Å². The van der Waals surface area contributed by atoms with Crippen molar-refractivity contribution in [3.8, 4) is 0 Å². The second kappa shape index (κ2) is 5.58. The van der Waals surface area contributed by atoms with E-state index in [0.717, 1.165) is 25.1 Å². The zero-order valence-corrected chi connectivity index (χ0v) is 10.8. The molecule has 2 rings (SSSR count). The van der Waals surface area contributed by atoms with Gasteiger partial charge in [0, 0.05) is 31.3 Å². The molecule has 3 nitrogen and oxygen atoms in total. The molecule has 0 radical (unpaired) electrons. The summed E-state index contributed by atoms with van der Waals surface area (Å²) in [5.41, 5.74) is 0. The molecule has 1 amide bonds. The first-order valence-electron chi connectivity index (χ1n) is 6.08. The van der Waals surface area contributed by atoms with Gasteiger partial charge in [-0.2, -0.15) is 0 Å². The molecule has 94 valence electrons. The van der Waals surface area contributed by atoms with Crippen LogP contribution < -0.4 is 0 Å². The molecule has 1 aliphatic rings. The molecular formula is C13H18ClNO2. The number of likely N-dealkylation sites (tertiary alicyclic amines) is 1. The molecule has 2 heterocycles. The van der Waals surface area contributed by atoms with Gasteiger partial charge in [0.25, 0.3) is 0 Å². The normalized spacial score (nSPS) is 22.1. The van der Waals surface area contributed by atoms with Crippen LogP contribution >= 0.6 is 11.6 Å². The Labute approximate surface area is 107 Å². The molecule has 17 heavy (non-hydrogen) atoms. The summed E-state index contributed by atoms with van der Waals surface area (Å²) < 4.78 is 5.29. The highest BCUT2D eigenvalue weighted by atomic mass is 35.5. The Kier molecular flexibility index (Phi) is 4.11. The fourth-order valence-electron chi connectivity index (χ4n) is 2.30. The van der Waals surface area contributed by atoms with Crippen molar-refractivity contribution in [1.29, 1.82) is 0 Å². The summed E-state index contributed by atoms with van der Waals surface area (Å²) in [5, 5.41) is 0. The van der Waals surface area contributed by atoms with Crippen LogP contribution in [0, 0.1) is 5.92 Å². The van der Waals surface area contributed by atoms with Crippen molar-refractivity contribution in [2.75, 3.05) is 12.4 Å². The molecule has 1 aliphatic heterocycles. The zero-order valence-electron chi connectivity index (χ0n) is 10.1. The first kappa shape index (κ1) is 12.5. The van der Waals surface area contributed by atoms with Gasteiger partial charge in [-0.3, -0.25) is 4.79 Å². The molecule has 0 bridgehead atoms. The quantitative estimate of drug-likeness (QED) is 0.758. The van der Waals surface area contributed by atoms with Gasteiger partial charge in [0.15, 0.2) is 0 Å². The van der Waals surface area contributed by atoms with Crippen molar-refractivity contribution >= 4 is 17.5 Å². The van der Waals surface area contributed by atoms with Crippen LogP contribution in [0.25, 0.3) is 0 Å². The summed E-state index contributed by atoms with van der Waals surface area (Å²) in [6, 6.07) is 4.13. The van der Waals surface area contributed by atoms with Gasteiger partial charge in [-0.05, 0) is 31.4 Å². The smallest absolute Gasteiger partial charge is 0.223 e. The van der Waals surface area contributed by atoms with E-state index < -0.39 is 0 Å². The molecule has 0 saturated carbocycles. The van der Waals surface area contributed by atoms with Crippen LogP contribution in [0.1, 0.15) is 25.5 Å². The first-order chi connectivity index (χ1) is 8.20. The molecule has 1 fully saturated rings. The molecule has 2 unspecified atom stereocenters. The maximum absolute atomic E-state index is 11.8. The lowest BCUT2D eigenvalue weighted by Gasteiger charge is -2.24. The average Bonchev–Trinajstić information content (AvgIpc) is 2.94. The number of amides is 1. The Morgan fingerprint density at radius 2 is 2.47 bits per heavy atom. The second-order valence-corrected chi connectivity index (χ2v) is 5.05. The number of carbonyl (C=O) groups is 1. The number of halogens is 1. The lowest BCUT2D eigenvalue weighted by molar-refractivity contribution is -0.129. The molecule has 1 saturated heterocycles. The van der Waals surface area contributed by atoms with Crippen LogP contribution in [0.3, 0.4) is 0 Å². The molecule has 0 aliphatic carbocycles.